The number of benzene rings is 2. The summed E-state index contributed by atoms with van der Waals surface area (Å²) in [5, 5.41) is 0. The van der Waals surface area contributed by atoms with Gasteiger partial charge in [0.1, 0.15) is 0 Å². The normalized spacial score (nSPS) is 23.5. The second-order valence-electron chi connectivity index (χ2n) is 6.14. The standard InChI is InChI=1S/C20H19NO/c22-20-17-11-12-19(18(13-17)16-9-5-2-6-10-16)21(20)14-15-7-3-1-4-8-15/h1-10,13,17,19H,11-12,14H2. The second-order valence-corrected chi connectivity index (χ2v) is 6.14. The lowest BCUT2D eigenvalue weighted by molar-refractivity contribution is -0.140. The van der Waals surface area contributed by atoms with Gasteiger partial charge >= 0.3 is 0 Å². The number of fused-ring (bicyclic) bond motifs is 2. The van der Waals surface area contributed by atoms with Gasteiger partial charge in [0.25, 0.3) is 0 Å². The Morgan fingerprint density at radius 1 is 0.909 bits per heavy atom. The molecule has 5 rings (SSSR count). The van der Waals surface area contributed by atoms with Crippen molar-refractivity contribution in [2.24, 2.45) is 5.92 Å². The van der Waals surface area contributed by atoms with Gasteiger partial charge in [0.2, 0.25) is 5.91 Å². The molecule has 110 valence electrons. The Kier molecular flexibility index (Phi) is 3.30. The number of carbonyl (C=O) groups is 1. The van der Waals surface area contributed by atoms with Crippen LogP contribution in [0.1, 0.15) is 24.0 Å². The number of nitrogens with zero attached hydrogens (tertiary/aromatic N) is 1. The van der Waals surface area contributed by atoms with E-state index in [1.807, 2.05) is 24.3 Å². The van der Waals surface area contributed by atoms with Gasteiger partial charge in [-0.1, -0.05) is 66.7 Å². The second kappa shape index (κ2) is 5.45. The molecule has 0 spiro atoms. The Balaban J connectivity index is 1.67. The summed E-state index contributed by atoms with van der Waals surface area (Å²) in [6, 6.07) is 21.0. The summed E-state index contributed by atoms with van der Waals surface area (Å²) >= 11 is 0. The third-order valence-corrected chi connectivity index (χ3v) is 4.77. The van der Waals surface area contributed by atoms with Crippen LogP contribution in [0.15, 0.2) is 66.7 Å². The Morgan fingerprint density at radius 3 is 2.32 bits per heavy atom. The number of hydrogen-bond donors (Lipinski definition) is 0. The van der Waals surface area contributed by atoms with E-state index in [4.69, 9.17) is 0 Å². The average Bonchev–Trinajstić information content (AvgIpc) is 2.60. The molecule has 1 aliphatic carbocycles. The summed E-state index contributed by atoms with van der Waals surface area (Å²) in [5.41, 5.74) is 3.78. The zero-order valence-electron chi connectivity index (χ0n) is 12.5. The van der Waals surface area contributed by atoms with E-state index in [2.05, 4.69) is 47.4 Å². The zero-order valence-corrected chi connectivity index (χ0v) is 12.5. The third-order valence-electron chi connectivity index (χ3n) is 4.77. The van der Waals surface area contributed by atoms with Gasteiger partial charge in [-0.05, 0) is 29.5 Å². The smallest absolute Gasteiger partial charge is 0.230 e. The average molecular weight is 289 g/mol. The Hall–Kier alpha value is -2.35. The molecule has 2 aromatic rings. The largest absolute Gasteiger partial charge is 0.331 e. The summed E-state index contributed by atoms with van der Waals surface area (Å²) < 4.78 is 0. The van der Waals surface area contributed by atoms with E-state index in [1.165, 1.54) is 16.7 Å². The molecule has 0 radical (unpaired) electrons. The minimum Gasteiger partial charge on any atom is -0.331 e. The van der Waals surface area contributed by atoms with Gasteiger partial charge in [0.05, 0.1) is 12.0 Å². The molecule has 2 atom stereocenters. The van der Waals surface area contributed by atoms with Crippen molar-refractivity contribution in [2.45, 2.75) is 25.4 Å². The van der Waals surface area contributed by atoms with Gasteiger partial charge in [-0.15, -0.1) is 0 Å². The predicted molar refractivity (Wildman–Crippen MR) is 87.9 cm³/mol. The molecule has 2 aliphatic heterocycles. The molecule has 1 fully saturated rings. The molecule has 2 aromatic carbocycles. The fraction of sp³-hybridized carbons (Fsp3) is 0.250. The molecule has 2 heteroatoms. The van der Waals surface area contributed by atoms with Crippen LogP contribution in [-0.2, 0) is 11.3 Å². The zero-order chi connectivity index (χ0) is 14.9. The van der Waals surface area contributed by atoms with Crippen LogP contribution >= 0.6 is 0 Å². The molecule has 2 nitrogen and oxygen atoms in total. The summed E-state index contributed by atoms with van der Waals surface area (Å²) in [6.07, 6.45) is 4.27. The summed E-state index contributed by atoms with van der Waals surface area (Å²) in [5.74, 6) is 0.351. The summed E-state index contributed by atoms with van der Waals surface area (Å²) in [7, 11) is 0. The van der Waals surface area contributed by atoms with E-state index in [-0.39, 0.29) is 12.0 Å². The van der Waals surface area contributed by atoms with Crippen LogP contribution in [0.2, 0.25) is 0 Å². The molecule has 1 saturated heterocycles. The van der Waals surface area contributed by atoms with Gasteiger partial charge in [0.15, 0.2) is 0 Å². The third kappa shape index (κ3) is 2.25. The monoisotopic (exact) mass is 289 g/mol. The molecule has 2 bridgehead atoms. The van der Waals surface area contributed by atoms with E-state index in [9.17, 15) is 4.79 Å². The first-order valence-electron chi connectivity index (χ1n) is 7.94. The predicted octanol–water partition coefficient (Wildman–Crippen LogP) is 3.89. The number of hydrogen-bond acceptors (Lipinski definition) is 1. The van der Waals surface area contributed by atoms with E-state index < -0.39 is 0 Å². The summed E-state index contributed by atoms with van der Waals surface area (Å²) in [4.78, 5) is 14.7. The number of rotatable bonds is 3. The summed E-state index contributed by atoms with van der Waals surface area (Å²) in [6.45, 7) is 0.713. The highest BCUT2D eigenvalue weighted by atomic mass is 16.2. The van der Waals surface area contributed by atoms with Crippen molar-refractivity contribution in [3.05, 3.63) is 77.9 Å². The van der Waals surface area contributed by atoms with Gasteiger partial charge in [-0.25, -0.2) is 0 Å². The topological polar surface area (TPSA) is 20.3 Å². The van der Waals surface area contributed by atoms with Crippen LogP contribution in [0.5, 0.6) is 0 Å². The molecular weight excluding hydrogens is 270 g/mol. The van der Waals surface area contributed by atoms with Crippen LogP contribution in [0, 0.1) is 5.92 Å². The molecule has 22 heavy (non-hydrogen) atoms. The SMILES string of the molecule is O=C1C2C=C(c3ccccc3)C(CC2)N1Cc1ccccc1. The van der Waals surface area contributed by atoms with Crippen molar-refractivity contribution in [1.82, 2.24) is 4.90 Å². The first-order valence-corrected chi connectivity index (χ1v) is 7.94. The number of amides is 1. The molecule has 1 amide bonds. The Labute approximate surface area is 131 Å². The van der Waals surface area contributed by atoms with Crippen molar-refractivity contribution in [2.75, 3.05) is 0 Å². The van der Waals surface area contributed by atoms with Crippen LogP contribution < -0.4 is 0 Å². The van der Waals surface area contributed by atoms with Crippen LogP contribution in [-0.4, -0.2) is 16.8 Å². The number of piperidine rings is 1. The highest BCUT2D eigenvalue weighted by Gasteiger charge is 2.41. The van der Waals surface area contributed by atoms with E-state index >= 15 is 0 Å². The molecule has 2 unspecified atom stereocenters. The molecule has 3 aliphatic rings. The van der Waals surface area contributed by atoms with Gasteiger partial charge in [0, 0.05) is 6.54 Å². The van der Waals surface area contributed by atoms with Crippen molar-refractivity contribution in [1.29, 1.82) is 0 Å². The van der Waals surface area contributed by atoms with Crippen molar-refractivity contribution in [3.8, 4) is 0 Å². The van der Waals surface area contributed by atoms with Crippen molar-refractivity contribution >= 4 is 11.5 Å². The molecular formula is C20H19NO. The molecule has 0 N–H and O–H groups in total. The molecule has 2 heterocycles. The maximum absolute atomic E-state index is 12.6. The Bertz CT molecular complexity index is 705. The Morgan fingerprint density at radius 2 is 1.59 bits per heavy atom. The van der Waals surface area contributed by atoms with Crippen molar-refractivity contribution < 1.29 is 4.79 Å². The minimum atomic E-state index is 0.0592. The quantitative estimate of drug-likeness (QED) is 0.839. The lowest BCUT2D eigenvalue weighted by Crippen LogP contribution is -2.50. The van der Waals surface area contributed by atoms with Crippen LogP contribution in [0.25, 0.3) is 5.57 Å². The fourth-order valence-corrected chi connectivity index (χ4v) is 3.68. The lowest BCUT2D eigenvalue weighted by atomic mass is 9.77. The minimum absolute atomic E-state index is 0.0592. The first kappa shape index (κ1) is 13.3. The highest BCUT2D eigenvalue weighted by molar-refractivity contribution is 5.90. The van der Waals surface area contributed by atoms with E-state index in [0.717, 1.165) is 12.8 Å². The molecule has 0 aromatic heterocycles. The van der Waals surface area contributed by atoms with Gasteiger partial charge in [-0.3, -0.25) is 4.79 Å². The maximum Gasteiger partial charge on any atom is 0.230 e. The lowest BCUT2D eigenvalue weighted by Gasteiger charge is -2.44. The van der Waals surface area contributed by atoms with Crippen LogP contribution in [0.3, 0.4) is 0 Å². The van der Waals surface area contributed by atoms with E-state index in [0.29, 0.717) is 12.5 Å². The van der Waals surface area contributed by atoms with Gasteiger partial charge < -0.3 is 4.90 Å². The first-order chi connectivity index (χ1) is 10.8. The fourth-order valence-electron chi connectivity index (χ4n) is 3.68. The maximum atomic E-state index is 12.6. The molecule has 0 saturated carbocycles. The van der Waals surface area contributed by atoms with Gasteiger partial charge in [-0.2, -0.15) is 0 Å². The number of carbonyl (C=O) groups excluding carboxylic acids is 1. The highest BCUT2D eigenvalue weighted by Crippen LogP contribution is 2.40. The van der Waals surface area contributed by atoms with Crippen LogP contribution in [0.4, 0.5) is 0 Å². The van der Waals surface area contributed by atoms with E-state index in [1.54, 1.807) is 0 Å². The van der Waals surface area contributed by atoms with Crippen molar-refractivity contribution in [3.63, 3.8) is 0 Å².